The van der Waals surface area contributed by atoms with E-state index in [1.807, 2.05) is 54.8 Å². The third-order valence-electron chi connectivity index (χ3n) is 4.65. The predicted octanol–water partition coefficient (Wildman–Crippen LogP) is 2.11. The number of rotatable bonds is 4. The number of carbonyl (C=O) groups excluding carboxylic acids is 1. The predicted molar refractivity (Wildman–Crippen MR) is 95.7 cm³/mol. The molecule has 1 aliphatic heterocycles. The van der Waals surface area contributed by atoms with Crippen molar-refractivity contribution >= 4 is 5.91 Å². The lowest BCUT2D eigenvalue weighted by Crippen LogP contribution is -2.42. The van der Waals surface area contributed by atoms with E-state index in [-0.39, 0.29) is 11.9 Å². The maximum atomic E-state index is 13.1. The van der Waals surface area contributed by atoms with Crippen molar-refractivity contribution in [1.29, 1.82) is 0 Å². The number of nitrogens with zero attached hydrogens (tertiary/aromatic N) is 5. The molecule has 3 heterocycles. The van der Waals surface area contributed by atoms with Crippen LogP contribution in [0.2, 0.25) is 0 Å². The SMILES string of the molecule is Cn1ccc(C(=O)N2Cc3cncn3CCC2COc2ccccc2)n1. The fraction of sp³-hybridized carbons (Fsp3) is 0.316. The van der Waals surface area contributed by atoms with E-state index < -0.39 is 0 Å². The molecule has 2 aromatic heterocycles. The van der Waals surface area contributed by atoms with Crippen molar-refractivity contribution in [3.63, 3.8) is 0 Å². The number of ether oxygens (including phenoxy) is 1. The molecule has 0 spiro atoms. The molecule has 26 heavy (non-hydrogen) atoms. The molecule has 1 unspecified atom stereocenters. The van der Waals surface area contributed by atoms with Gasteiger partial charge in [0.05, 0.1) is 24.6 Å². The summed E-state index contributed by atoms with van der Waals surface area (Å²) in [6, 6.07) is 11.4. The molecule has 0 bridgehead atoms. The van der Waals surface area contributed by atoms with Crippen molar-refractivity contribution in [3.8, 4) is 5.75 Å². The zero-order valence-electron chi connectivity index (χ0n) is 14.7. The monoisotopic (exact) mass is 351 g/mol. The molecule has 1 atom stereocenters. The van der Waals surface area contributed by atoms with Crippen LogP contribution >= 0.6 is 0 Å². The minimum atomic E-state index is -0.0816. The number of imidazole rings is 1. The van der Waals surface area contributed by atoms with Gasteiger partial charge in [-0.05, 0) is 24.6 Å². The summed E-state index contributed by atoms with van der Waals surface area (Å²) >= 11 is 0. The van der Waals surface area contributed by atoms with E-state index in [2.05, 4.69) is 14.6 Å². The third kappa shape index (κ3) is 3.33. The summed E-state index contributed by atoms with van der Waals surface area (Å²) in [5.41, 5.74) is 1.47. The summed E-state index contributed by atoms with van der Waals surface area (Å²) in [6.45, 7) is 1.75. The molecule has 7 nitrogen and oxygen atoms in total. The van der Waals surface area contributed by atoms with E-state index in [0.29, 0.717) is 18.8 Å². The van der Waals surface area contributed by atoms with Crippen molar-refractivity contribution in [2.24, 2.45) is 7.05 Å². The Hall–Kier alpha value is -3.09. The lowest BCUT2D eigenvalue weighted by molar-refractivity contribution is 0.0582. The van der Waals surface area contributed by atoms with Gasteiger partial charge in [-0.1, -0.05) is 18.2 Å². The van der Waals surface area contributed by atoms with Crippen molar-refractivity contribution in [1.82, 2.24) is 24.2 Å². The van der Waals surface area contributed by atoms with Crippen LogP contribution in [-0.2, 0) is 20.1 Å². The topological polar surface area (TPSA) is 65.2 Å². The maximum absolute atomic E-state index is 13.1. The summed E-state index contributed by atoms with van der Waals surface area (Å²) in [5, 5.41) is 4.27. The number of para-hydroxylation sites is 1. The molecular formula is C19H21N5O2. The van der Waals surface area contributed by atoms with Crippen LogP contribution in [-0.4, -0.2) is 42.8 Å². The van der Waals surface area contributed by atoms with Gasteiger partial charge in [0.25, 0.3) is 5.91 Å². The Labute approximate surface area is 151 Å². The number of amides is 1. The first-order valence-electron chi connectivity index (χ1n) is 8.68. The summed E-state index contributed by atoms with van der Waals surface area (Å²) in [7, 11) is 1.81. The molecule has 0 N–H and O–H groups in total. The molecule has 0 radical (unpaired) electrons. The van der Waals surface area contributed by atoms with E-state index in [0.717, 1.165) is 24.4 Å². The highest BCUT2D eigenvalue weighted by molar-refractivity contribution is 5.92. The molecular weight excluding hydrogens is 330 g/mol. The smallest absolute Gasteiger partial charge is 0.275 e. The first-order chi connectivity index (χ1) is 12.7. The Kier molecular flexibility index (Phi) is 4.43. The van der Waals surface area contributed by atoms with Gasteiger partial charge >= 0.3 is 0 Å². The van der Waals surface area contributed by atoms with Gasteiger partial charge in [-0.2, -0.15) is 5.10 Å². The van der Waals surface area contributed by atoms with Crippen molar-refractivity contribution in [2.45, 2.75) is 25.6 Å². The molecule has 0 aliphatic carbocycles. The van der Waals surface area contributed by atoms with Crippen LogP contribution in [0.25, 0.3) is 0 Å². The van der Waals surface area contributed by atoms with E-state index in [1.54, 1.807) is 16.9 Å². The number of benzene rings is 1. The van der Waals surface area contributed by atoms with Crippen molar-refractivity contribution in [2.75, 3.05) is 6.61 Å². The van der Waals surface area contributed by atoms with Gasteiger partial charge in [0.15, 0.2) is 0 Å². The van der Waals surface area contributed by atoms with Crippen molar-refractivity contribution < 1.29 is 9.53 Å². The molecule has 0 saturated carbocycles. The van der Waals surface area contributed by atoms with Crippen LogP contribution in [0.3, 0.4) is 0 Å². The van der Waals surface area contributed by atoms with Gasteiger partial charge in [-0.3, -0.25) is 9.48 Å². The second kappa shape index (κ2) is 7.03. The summed E-state index contributed by atoms with van der Waals surface area (Å²) in [4.78, 5) is 19.1. The average molecular weight is 351 g/mol. The van der Waals surface area contributed by atoms with Gasteiger partial charge in [0, 0.05) is 26.0 Å². The fourth-order valence-corrected chi connectivity index (χ4v) is 3.23. The highest BCUT2D eigenvalue weighted by atomic mass is 16.5. The lowest BCUT2D eigenvalue weighted by Gasteiger charge is -2.29. The Morgan fingerprint density at radius 3 is 2.88 bits per heavy atom. The van der Waals surface area contributed by atoms with E-state index in [9.17, 15) is 4.79 Å². The first-order valence-corrected chi connectivity index (χ1v) is 8.68. The highest BCUT2D eigenvalue weighted by Crippen LogP contribution is 2.21. The second-order valence-electron chi connectivity index (χ2n) is 6.45. The molecule has 1 aromatic carbocycles. The molecule has 4 rings (SSSR count). The summed E-state index contributed by atoms with van der Waals surface area (Å²) in [5.74, 6) is 0.727. The molecule has 134 valence electrons. The molecule has 0 saturated heterocycles. The first kappa shape index (κ1) is 16.4. The molecule has 0 fully saturated rings. The van der Waals surface area contributed by atoms with Gasteiger partial charge in [-0.25, -0.2) is 4.98 Å². The highest BCUT2D eigenvalue weighted by Gasteiger charge is 2.30. The Morgan fingerprint density at radius 1 is 1.27 bits per heavy atom. The second-order valence-corrected chi connectivity index (χ2v) is 6.45. The van der Waals surface area contributed by atoms with Crippen molar-refractivity contribution in [3.05, 3.63) is 66.5 Å². The number of carbonyl (C=O) groups is 1. The minimum Gasteiger partial charge on any atom is -0.491 e. The normalized spacial score (nSPS) is 16.8. The van der Waals surface area contributed by atoms with Gasteiger partial charge in [-0.15, -0.1) is 0 Å². The fourth-order valence-electron chi connectivity index (χ4n) is 3.23. The van der Waals surface area contributed by atoms with Crippen LogP contribution in [0, 0.1) is 0 Å². The van der Waals surface area contributed by atoms with Crippen LogP contribution in [0.5, 0.6) is 5.75 Å². The molecule has 1 amide bonds. The molecule has 1 aliphatic rings. The maximum Gasteiger partial charge on any atom is 0.275 e. The number of fused-ring (bicyclic) bond motifs is 1. The zero-order valence-corrected chi connectivity index (χ0v) is 14.7. The van der Waals surface area contributed by atoms with E-state index in [1.165, 1.54) is 0 Å². The third-order valence-corrected chi connectivity index (χ3v) is 4.65. The number of aromatic nitrogens is 4. The zero-order chi connectivity index (χ0) is 17.9. The number of aryl methyl sites for hydroxylation is 2. The van der Waals surface area contributed by atoms with Gasteiger partial charge < -0.3 is 14.2 Å². The molecule has 3 aromatic rings. The summed E-state index contributed by atoms with van der Waals surface area (Å²) in [6.07, 6.45) is 6.22. The minimum absolute atomic E-state index is 0.0374. The number of hydrogen-bond acceptors (Lipinski definition) is 4. The lowest BCUT2D eigenvalue weighted by atomic mass is 10.1. The number of hydrogen-bond donors (Lipinski definition) is 0. The van der Waals surface area contributed by atoms with Crippen LogP contribution < -0.4 is 4.74 Å². The van der Waals surface area contributed by atoms with E-state index >= 15 is 0 Å². The quantitative estimate of drug-likeness (QED) is 0.722. The van der Waals surface area contributed by atoms with Gasteiger partial charge in [0.2, 0.25) is 0 Å². The average Bonchev–Trinajstić information content (AvgIpc) is 3.26. The molecule has 7 heteroatoms. The standard InChI is InChI=1S/C19H21N5O2/c1-22-9-8-18(21-22)19(25)24-12-16-11-20-14-23(16)10-7-15(24)13-26-17-5-3-2-4-6-17/h2-6,8-9,11,14-15H,7,10,12-13H2,1H3. The van der Waals surface area contributed by atoms with Crippen LogP contribution in [0.1, 0.15) is 22.6 Å². The van der Waals surface area contributed by atoms with Crippen LogP contribution in [0.15, 0.2) is 55.1 Å². The van der Waals surface area contributed by atoms with E-state index in [4.69, 9.17) is 4.74 Å². The summed E-state index contributed by atoms with van der Waals surface area (Å²) < 4.78 is 9.70. The van der Waals surface area contributed by atoms with Gasteiger partial charge in [0.1, 0.15) is 18.1 Å². The Bertz CT molecular complexity index is 886. The van der Waals surface area contributed by atoms with Crippen LogP contribution in [0.4, 0.5) is 0 Å². The largest absolute Gasteiger partial charge is 0.491 e. The Morgan fingerprint density at radius 2 is 2.12 bits per heavy atom. The Balaban J connectivity index is 1.57.